The third-order valence-electron chi connectivity index (χ3n) is 4.02. The fourth-order valence-electron chi connectivity index (χ4n) is 2.96. The minimum atomic E-state index is -0.254. The molecule has 0 unspecified atom stereocenters. The van der Waals surface area contributed by atoms with Crippen LogP contribution < -0.4 is 10.9 Å². The molecule has 0 bridgehead atoms. The molecule has 0 radical (unpaired) electrons. The Morgan fingerprint density at radius 2 is 2.09 bits per heavy atom. The zero-order valence-electron chi connectivity index (χ0n) is 13.4. The van der Waals surface area contributed by atoms with E-state index in [1.807, 2.05) is 32.9 Å². The van der Waals surface area contributed by atoms with Gasteiger partial charge < -0.3 is 10.3 Å². The summed E-state index contributed by atoms with van der Waals surface area (Å²) in [5.74, 6) is 0.840. The first-order valence-electron chi connectivity index (χ1n) is 7.63. The lowest BCUT2D eigenvalue weighted by atomic mass is 9.84. The first-order chi connectivity index (χ1) is 11.0. The Balaban J connectivity index is 2.17. The van der Waals surface area contributed by atoms with Gasteiger partial charge in [-0.2, -0.15) is 0 Å². The number of nitrogens with zero attached hydrogens (tertiary/aromatic N) is 1. The van der Waals surface area contributed by atoms with Crippen LogP contribution in [0, 0.1) is 13.8 Å². The third kappa shape index (κ3) is 3.03. The van der Waals surface area contributed by atoms with Crippen molar-refractivity contribution in [1.29, 1.82) is 0 Å². The Hall–Kier alpha value is -2.08. The summed E-state index contributed by atoms with van der Waals surface area (Å²) in [5.41, 5.74) is 3.59. The van der Waals surface area contributed by atoms with E-state index in [0.717, 1.165) is 22.4 Å². The van der Waals surface area contributed by atoms with E-state index in [2.05, 4.69) is 21.4 Å². The molecule has 1 aromatic carbocycles. The molecule has 0 fully saturated rings. The van der Waals surface area contributed by atoms with Crippen LogP contribution >= 0.6 is 11.8 Å². The van der Waals surface area contributed by atoms with Crippen molar-refractivity contribution in [3.8, 4) is 0 Å². The lowest BCUT2D eigenvalue weighted by molar-refractivity contribution is -0.116. The smallest absolute Gasteiger partial charge is 0.257 e. The minimum absolute atomic E-state index is 0.103. The van der Waals surface area contributed by atoms with Gasteiger partial charge >= 0.3 is 0 Å². The second kappa shape index (κ2) is 6.20. The van der Waals surface area contributed by atoms with E-state index >= 15 is 0 Å². The van der Waals surface area contributed by atoms with Gasteiger partial charge in [-0.3, -0.25) is 9.59 Å². The summed E-state index contributed by atoms with van der Waals surface area (Å²) in [7, 11) is 0. The number of carbonyl (C=O) groups is 1. The van der Waals surface area contributed by atoms with Crippen molar-refractivity contribution in [2.45, 2.75) is 38.3 Å². The van der Waals surface area contributed by atoms with Gasteiger partial charge in [0.25, 0.3) is 5.56 Å². The number of carbonyl (C=O) groups excluding carboxylic acids is 1. The van der Waals surface area contributed by atoms with Gasteiger partial charge in [-0.25, -0.2) is 4.98 Å². The Morgan fingerprint density at radius 1 is 1.30 bits per heavy atom. The molecular formula is C17H19N3O2S. The van der Waals surface area contributed by atoms with Crippen LogP contribution in [0.3, 0.4) is 0 Å². The van der Waals surface area contributed by atoms with Crippen molar-refractivity contribution in [2.75, 3.05) is 11.1 Å². The number of benzene rings is 1. The molecule has 6 heteroatoms. The molecule has 0 saturated heterocycles. The summed E-state index contributed by atoms with van der Waals surface area (Å²) in [5, 5.41) is 3.29. The zero-order chi connectivity index (χ0) is 16.6. The molecule has 2 aromatic rings. The number of aromatic nitrogens is 2. The number of nitrogens with one attached hydrogen (secondary N) is 2. The molecular weight excluding hydrogens is 310 g/mol. The van der Waals surface area contributed by atoms with Crippen LogP contribution in [-0.2, 0) is 4.79 Å². The molecule has 5 nitrogen and oxygen atoms in total. The molecule has 2 heterocycles. The largest absolute Gasteiger partial charge is 0.310 e. The standard InChI is InChI=1S/C17H19N3O2S/c1-4-23-17-19-15-14(16(22)20-17)12(8-13(21)18-15)11-7-9(2)5-6-10(11)3/h5-7,12H,4,8H2,1-3H3,(H2,18,19,20,21,22)/t12-/m1/s1. The van der Waals surface area contributed by atoms with Gasteiger partial charge in [-0.1, -0.05) is 42.4 Å². The molecule has 0 spiro atoms. The monoisotopic (exact) mass is 329 g/mol. The molecule has 2 N–H and O–H groups in total. The summed E-state index contributed by atoms with van der Waals surface area (Å²) in [6, 6.07) is 6.11. The first-order valence-corrected chi connectivity index (χ1v) is 8.62. The quantitative estimate of drug-likeness (QED) is 0.670. The SMILES string of the molecule is CCSc1nc2c(c(=O)[nH]1)[C@@H](c1cc(C)ccc1C)CC(=O)N2. The van der Waals surface area contributed by atoms with Crippen molar-refractivity contribution in [1.82, 2.24) is 9.97 Å². The minimum Gasteiger partial charge on any atom is -0.310 e. The number of aryl methyl sites for hydroxylation is 2. The Bertz CT molecular complexity index is 829. The Kier molecular flexibility index (Phi) is 4.26. The van der Waals surface area contributed by atoms with Crippen molar-refractivity contribution in [2.24, 2.45) is 0 Å². The molecule has 3 rings (SSSR count). The number of hydrogen-bond acceptors (Lipinski definition) is 4. The van der Waals surface area contributed by atoms with Crippen LogP contribution in [0.2, 0.25) is 0 Å². The van der Waals surface area contributed by atoms with Gasteiger partial charge in [0.05, 0.1) is 5.56 Å². The van der Waals surface area contributed by atoms with Crippen LogP contribution in [-0.4, -0.2) is 21.6 Å². The third-order valence-corrected chi connectivity index (χ3v) is 4.78. The number of aromatic amines is 1. The van der Waals surface area contributed by atoms with Gasteiger partial charge in [-0.15, -0.1) is 0 Å². The van der Waals surface area contributed by atoms with Crippen LogP contribution in [0.4, 0.5) is 5.82 Å². The Labute approximate surface area is 138 Å². The highest BCUT2D eigenvalue weighted by Gasteiger charge is 2.31. The van der Waals surface area contributed by atoms with Crippen molar-refractivity contribution in [3.05, 3.63) is 50.8 Å². The number of thioether (sulfide) groups is 1. The van der Waals surface area contributed by atoms with Gasteiger partial charge in [-0.05, 0) is 30.7 Å². The van der Waals surface area contributed by atoms with E-state index in [9.17, 15) is 9.59 Å². The van der Waals surface area contributed by atoms with E-state index in [-0.39, 0.29) is 23.8 Å². The average Bonchev–Trinajstić information content (AvgIpc) is 2.48. The number of H-pyrrole nitrogens is 1. The molecule has 1 aliphatic rings. The lowest BCUT2D eigenvalue weighted by Gasteiger charge is -2.26. The van der Waals surface area contributed by atoms with E-state index in [1.165, 1.54) is 11.8 Å². The van der Waals surface area contributed by atoms with Crippen LogP contribution in [0.25, 0.3) is 0 Å². The van der Waals surface area contributed by atoms with E-state index < -0.39 is 0 Å². The average molecular weight is 329 g/mol. The van der Waals surface area contributed by atoms with E-state index in [1.54, 1.807) is 0 Å². The molecule has 1 aliphatic heterocycles. The number of fused-ring (bicyclic) bond motifs is 1. The van der Waals surface area contributed by atoms with Gasteiger partial charge in [0.1, 0.15) is 5.82 Å². The summed E-state index contributed by atoms with van der Waals surface area (Å²) >= 11 is 1.45. The second-order valence-electron chi connectivity index (χ2n) is 5.73. The first kappa shape index (κ1) is 15.8. The summed E-state index contributed by atoms with van der Waals surface area (Å²) in [6.07, 6.45) is 0.266. The molecule has 1 atom stereocenters. The van der Waals surface area contributed by atoms with Crippen molar-refractivity contribution >= 4 is 23.5 Å². The highest BCUT2D eigenvalue weighted by molar-refractivity contribution is 7.99. The number of anilines is 1. The second-order valence-corrected chi connectivity index (χ2v) is 6.98. The fourth-order valence-corrected chi connectivity index (χ4v) is 3.55. The highest BCUT2D eigenvalue weighted by Crippen LogP contribution is 2.36. The lowest BCUT2D eigenvalue weighted by Crippen LogP contribution is -2.31. The summed E-state index contributed by atoms with van der Waals surface area (Å²) in [4.78, 5) is 31.9. The maximum atomic E-state index is 12.6. The van der Waals surface area contributed by atoms with E-state index in [4.69, 9.17) is 0 Å². The van der Waals surface area contributed by atoms with Gasteiger partial charge in [0.15, 0.2) is 5.16 Å². The van der Waals surface area contributed by atoms with Crippen LogP contribution in [0.1, 0.15) is 41.5 Å². The van der Waals surface area contributed by atoms with Crippen molar-refractivity contribution in [3.63, 3.8) is 0 Å². The summed E-state index contributed by atoms with van der Waals surface area (Å²) in [6.45, 7) is 6.00. The zero-order valence-corrected chi connectivity index (χ0v) is 14.2. The number of amides is 1. The highest BCUT2D eigenvalue weighted by atomic mass is 32.2. The number of hydrogen-bond donors (Lipinski definition) is 2. The molecule has 1 aromatic heterocycles. The maximum Gasteiger partial charge on any atom is 0.257 e. The molecule has 0 saturated carbocycles. The molecule has 120 valence electrons. The topological polar surface area (TPSA) is 74.8 Å². The van der Waals surface area contributed by atoms with Crippen LogP contribution in [0.5, 0.6) is 0 Å². The van der Waals surface area contributed by atoms with Gasteiger partial charge in [0.2, 0.25) is 5.91 Å². The molecule has 1 amide bonds. The Morgan fingerprint density at radius 3 is 2.83 bits per heavy atom. The molecule has 0 aliphatic carbocycles. The summed E-state index contributed by atoms with van der Waals surface area (Å²) < 4.78 is 0. The number of rotatable bonds is 3. The normalized spacial score (nSPS) is 16.8. The van der Waals surface area contributed by atoms with E-state index in [0.29, 0.717) is 16.5 Å². The fraction of sp³-hybridized carbons (Fsp3) is 0.353. The molecule has 23 heavy (non-hydrogen) atoms. The predicted octanol–water partition coefficient (Wildman–Crippen LogP) is 2.97. The van der Waals surface area contributed by atoms with Crippen molar-refractivity contribution < 1.29 is 4.79 Å². The maximum absolute atomic E-state index is 12.6. The van der Waals surface area contributed by atoms with Gasteiger partial charge in [0, 0.05) is 12.3 Å². The van der Waals surface area contributed by atoms with Crippen LogP contribution in [0.15, 0.2) is 28.2 Å². The predicted molar refractivity (Wildman–Crippen MR) is 92.3 cm³/mol.